The average molecular weight is 305 g/mol. The van der Waals surface area contributed by atoms with Gasteiger partial charge in [0.1, 0.15) is 0 Å². The summed E-state index contributed by atoms with van der Waals surface area (Å²) in [6.07, 6.45) is 0.148. The zero-order valence-corrected chi connectivity index (χ0v) is 12.8. The van der Waals surface area contributed by atoms with E-state index < -0.39 is 11.4 Å². The molecule has 0 radical (unpaired) electrons. The summed E-state index contributed by atoms with van der Waals surface area (Å²) < 4.78 is 0. The van der Waals surface area contributed by atoms with E-state index in [1.807, 2.05) is 24.3 Å². The van der Waals surface area contributed by atoms with E-state index in [-0.39, 0.29) is 18.6 Å². The normalized spacial score (nSPS) is 11.6. The van der Waals surface area contributed by atoms with Crippen LogP contribution in [0, 0.1) is 5.41 Å². The highest BCUT2D eigenvalue weighted by molar-refractivity contribution is 6.36. The van der Waals surface area contributed by atoms with Crippen molar-refractivity contribution in [2.75, 3.05) is 0 Å². The average Bonchev–Trinajstić information content (AvgIpc) is 2.37. The molecule has 2 rings (SSSR count). The lowest BCUT2D eigenvalue weighted by atomic mass is 9.82. The minimum absolute atomic E-state index is 0.0374. The van der Waals surface area contributed by atoms with Crippen molar-refractivity contribution in [3.63, 3.8) is 0 Å². The number of benzene rings is 2. The van der Waals surface area contributed by atoms with E-state index in [2.05, 4.69) is 0 Å². The van der Waals surface area contributed by atoms with Crippen LogP contribution in [0.2, 0.25) is 5.02 Å². The van der Waals surface area contributed by atoms with Crippen LogP contribution in [0.3, 0.4) is 0 Å². The molecule has 0 spiro atoms. The van der Waals surface area contributed by atoms with Gasteiger partial charge >= 0.3 is 5.97 Å². The quantitative estimate of drug-likeness (QED) is 0.823. The van der Waals surface area contributed by atoms with Gasteiger partial charge in [-0.25, -0.2) is 0 Å². The van der Waals surface area contributed by atoms with Crippen LogP contribution in [0.4, 0.5) is 0 Å². The number of carboxylic acids is 1. The summed E-state index contributed by atoms with van der Waals surface area (Å²) in [6, 6.07) is 10.9. The molecule has 0 fully saturated rings. The molecule has 0 aliphatic rings. The minimum atomic E-state index is -0.895. The van der Waals surface area contributed by atoms with Crippen molar-refractivity contribution < 1.29 is 14.7 Å². The van der Waals surface area contributed by atoms with E-state index in [1.54, 1.807) is 26.0 Å². The van der Waals surface area contributed by atoms with E-state index in [4.69, 9.17) is 16.7 Å². The molecule has 0 atom stereocenters. The lowest BCUT2D eigenvalue weighted by Crippen LogP contribution is -2.21. The lowest BCUT2D eigenvalue weighted by Gasteiger charge is -2.21. The van der Waals surface area contributed by atoms with Gasteiger partial charge in [-0.15, -0.1) is 0 Å². The van der Waals surface area contributed by atoms with E-state index in [9.17, 15) is 9.59 Å². The van der Waals surface area contributed by atoms with Crippen LogP contribution in [0.5, 0.6) is 0 Å². The Hall–Kier alpha value is -1.87. The lowest BCUT2D eigenvalue weighted by molar-refractivity contribution is -0.139. The molecule has 0 amide bonds. The summed E-state index contributed by atoms with van der Waals surface area (Å²) >= 11 is 6.15. The Morgan fingerprint density at radius 3 is 2.29 bits per heavy atom. The monoisotopic (exact) mass is 304 g/mol. The fourth-order valence-electron chi connectivity index (χ4n) is 2.51. The minimum Gasteiger partial charge on any atom is -0.481 e. The molecule has 0 heterocycles. The van der Waals surface area contributed by atoms with Gasteiger partial charge in [0.25, 0.3) is 0 Å². The Bertz CT molecular complexity index is 704. The second-order valence-corrected chi connectivity index (χ2v) is 6.38. The van der Waals surface area contributed by atoms with Crippen molar-refractivity contribution in [1.29, 1.82) is 0 Å². The number of Topliss-reactive ketones (excluding diaryl/α,β-unsaturated/α-hetero) is 1. The zero-order chi connectivity index (χ0) is 15.6. The highest BCUT2D eigenvalue weighted by Crippen LogP contribution is 2.31. The van der Waals surface area contributed by atoms with Gasteiger partial charge in [0.15, 0.2) is 5.78 Å². The summed E-state index contributed by atoms with van der Waals surface area (Å²) in [6.45, 7) is 3.58. The number of carbonyl (C=O) groups excluding carboxylic acids is 1. The predicted molar refractivity (Wildman–Crippen MR) is 83.9 cm³/mol. The third-order valence-corrected chi connectivity index (χ3v) is 3.77. The molecule has 0 bridgehead atoms. The topological polar surface area (TPSA) is 54.4 Å². The van der Waals surface area contributed by atoms with Crippen LogP contribution in [0.1, 0.15) is 37.0 Å². The molecule has 0 unspecified atom stereocenters. The molecule has 110 valence electrons. The predicted octanol–water partition coefficient (Wildman–Crippen LogP) is 4.57. The van der Waals surface area contributed by atoms with Crippen LogP contribution in [-0.2, 0) is 4.79 Å². The zero-order valence-electron chi connectivity index (χ0n) is 12.0. The van der Waals surface area contributed by atoms with Crippen molar-refractivity contribution in [3.8, 4) is 0 Å². The fourth-order valence-corrected chi connectivity index (χ4v) is 2.73. The summed E-state index contributed by atoms with van der Waals surface area (Å²) in [4.78, 5) is 23.4. The molecule has 2 aromatic carbocycles. The molecule has 1 N–H and O–H groups in total. The third kappa shape index (κ3) is 3.61. The molecular formula is C17H17ClO3. The number of aliphatic carboxylic acids is 1. The summed E-state index contributed by atoms with van der Waals surface area (Å²) in [5.41, 5.74) is 0.0115. The first-order chi connectivity index (χ1) is 9.80. The Balaban J connectivity index is 2.37. The summed E-state index contributed by atoms with van der Waals surface area (Å²) in [5.74, 6) is -0.956. The molecule has 0 saturated carbocycles. The first-order valence-electron chi connectivity index (χ1n) is 6.72. The van der Waals surface area contributed by atoms with E-state index in [1.165, 1.54) is 0 Å². The SMILES string of the molecule is CC(C)(CC(=O)O)CC(=O)c1ccc(Cl)c2ccccc12. The number of hydrogen-bond donors (Lipinski definition) is 1. The number of carboxylic acid groups (broad SMARTS) is 1. The maximum absolute atomic E-state index is 12.5. The van der Waals surface area contributed by atoms with Gasteiger partial charge in [-0.3, -0.25) is 9.59 Å². The number of ketones is 1. The first-order valence-corrected chi connectivity index (χ1v) is 7.10. The molecule has 3 nitrogen and oxygen atoms in total. The van der Waals surface area contributed by atoms with Crippen molar-refractivity contribution in [3.05, 3.63) is 47.0 Å². The van der Waals surface area contributed by atoms with Crippen molar-refractivity contribution in [2.45, 2.75) is 26.7 Å². The largest absolute Gasteiger partial charge is 0.481 e. The Labute approximate surface area is 128 Å². The maximum atomic E-state index is 12.5. The van der Waals surface area contributed by atoms with Gasteiger partial charge in [0, 0.05) is 22.4 Å². The fraction of sp³-hybridized carbons (Fsp3) is 0.294. The van der Waals surface area contributed by atoms with Crippen molar-refractivity contribution in [1.82, 2.24) is 0 Å². The Kier molecular flexibility index (Phi) is 4.33. The van der Waals surface area contributed by atoms with Gasteiger partial charge in [-0.05, 0) is 22.9 Å². The molecule has 0 aliphatic carbocycles. The van der Waals surface area contributed by atoms with Crippen LogP contribution >= 0.6 is 11.6 Å². The Morgan fingerprint density at radius 2 is 1.67 bits per heavy atom. The van der Waals surface area contributed by atoms with E-state index in [0.717, 1.165) is 10.8 Å². The van der Waals surface area contributed by atoms with Crippen molar-refractivity contribution >= 4 is 34.1 Å². The second-order valence-electron chi connectivity index (χ2n) is 5.98. The van der Waals surface area contributed by atoms with Gasteiger partial charge < -0.3 is 5.11 Å². The molecule has 2 aromatic rings. The maximum Gasteiger partial charge on any atom is 0.303 e. The Morgan fingerprint density at radius 1 is 1.05 bits per heavy atom. The second kappa shape index (κ2) is 5.86. The standard InChI is InChI=1S/C17H17ClO3/c1-17(2,10-16(20)21)9-15(19)13-7-8-14(18)12-6-4-3-5-11(12)13/h3-8H,9-10H2,1-2H3,(H,20,21). The number of carbonyl (C=O) groups is 2. The number of fused-ring (bicyclic) bond motifs is 1. The van der Waals surface area contributed by atoms with Crippen LogP contribution in [0.15, 0.2) is 36.4 Å². The summed E-state index contributed by atoms with van der Waals surface area (Å²) in [5, 5.41) is 11.2. The van der Waals surface area contributed by atoms with Crippen LogP contribution in [-0.4, -0.2) is 16.9 Å². The third-order valence-electron chi connectivity index (χ3n) is 3.44. The summed E-state index contributed by atoms with van der Waals surface area (Å²) in [7, 11) is 0. The number of hydrogen-bond acceptors (Lipinski definition) is 2. The molecule has 0 aromatic heterocycles. The molecule has 21 heavy (non-hydrogen) atoms. The van der Waals surface area contributed by atoms with Gasteiger partial charge in [-0.1, -0.05) is 49.7 Å². The van der Waals surface area contributed by atoms with Gasteiger partial charge in [0.05, 0.1) is 6.42 Å². The highest BCUT2D eigenvalue weighted by Gasteiger charge is 2.26. The van der Waals surface area contributed by atoms with Gasteiger partial charge in [-0.2, -0.15) is 0 Å². The van der Waals surface area contributed by atoms with Crippen LogP contribution < -0.4 is 0 Å². The highest BCUT2D eigenvalue weighted by atomic mass is 35.5. The smallest absolute Gasteiger partial charge is 0.303 e. The molecule has 0 saturated heterocycles. The molecule has 4 heteroatoms. The number of rotatable bonds is 5. The van der Waals surface area contributed by atoms with E-state index >= 15 is 0 Å². The van der Waals surface area contributed by atoms with E-state index in [0.29, 0.717) is 10.6 Å². The van der Waals surface area contributed by atoms with Crippen LogP contribution in [0.25, 0.3) is 10.8 Å². The van der Waals surface area contributed by atoms with Crippen molar-refractivity contribution in [2.24, 2.45) is 5.41 Å². The van der Waals surface area contributed by atoms with Gasteiger partial charge in [0.2, 0.25) is 0 Å². The molecule has 0 aliphatic heterocycles. The first kappa shape index (κ1) is 15.5. The number of halogens is 1. The molecular weight excluding hydrogens is 288 g/mol.